The van der Waals surface area contributed by atoms with Crippen molar-refractivity contribution in [1.82, 2.24) is 10.2 Å². The van der Waals surface area contributed by atoms with E-state index in [9.17, 15) is 14.4 Å². The Labute approximate surface area is 174 Å². The van der Waals surface area contributed by atoms with Crippen molar-refractivity contribution in [3.8, 4) is 10.4 Å². The molecule has 2 N–H and O–H groups in total. The van der Waals surface area contributed by atoms with Crippen molar-refractivity contribution in [2.24, 2.45) is 0 Å². The summed E-state index contributed by atoms with van der Waals surface area (Å²) >= 11 is 1.32. The summed E-state index contributed by atoms with van der Waals surface area (Å²) in [6.45, 7) is 5.81. The zero-order valence-electron chi connectivity index (χ0n) is 16.9. The fourth-order valence-electron chi connectivity index (χ4n) is 3.10. The third kappa shape index (κ3) is 4.65. The highest BCUT2D eigenvalue weighted by atomic mass is 32.1. The highest BCUT2D eigenvalue weighted by molar-refractivity contribution is 7.20. The molecule has 0 saturated carbocycles. The van der Waals surface area contributed by atoms with Crippen LogP contribution in [0.4, 0.5) is 5.00 Å². The van der Waals surface area contributed by atoms with Gasteiger partial charge in [0.05, 0.1) is 12.2 Å². The maximum atomic E-state index is 13.3. The Morgan fingerprint density at radius 1 is 1.24 bits per heavy atom. The predicted molar refractivity (Wildman–Crippen MR) is 113 cm³/mol. The number of benzene rings is 1. The summed E-state index contributed by atoms with van der Waals surface area (Å²) in [6.07, 6.45) is 0. The first-order valence-electron chi connectivity index (χ1n) is 9.33. The average Bonchev–Trinajstić information content (AvgIpc) is 3.03. The number of carbonyl (C=O) groups is 3. The quantitative estimate of drug-likeness (QED) is 0.735. The van der Waals surface area contributed by atoms with Crippen LogP contribution in [0.3, 0.4) is 0 Å². The molecule has 3 rings (SSSR count). The maximum Gasteiger partial charge on any atom is 0.258 e. The van der Waals surface area contributed by atoms with E-state index in [4.69, 9.17) is 4.74 Å². The lowest BCUT2D eigenvalue weighted by Gasteiger charge is -2.30. The smallest absolute Gasteiger partial charge is 0.258 e. The first kappa shape index (κ1) is 21.0. The molecule has 1 aliphatic rings. The van der Waals surface area contributed by atoms with Crippen LogP contribution in [0.5, 0.6) is 0 Å². The van der Waals surface area contributed by atoms with Crippen LogP contribution in [0.25, 0.3) is 10.4 Å². The molecular formula is C21H25N3O4S. The van der Waals surface area contributed by atoms with Gasteiger partial charge in [0.15, 0.2) is 6.04 Å². The number of hydrogen-bond donors (Lipinski definition) is 2. The van der Waals surface area contributed by atoms with Gasteiger partial charge in [-0.3, -0.25) is 14.4 Å². The monoisotopic (exact) mass is 415 g/mol. The molecule has 3 amide bonds. The average molecular weight is 416 g/mol. The van der Waals surface area contributed by atoms with E-state index in [0.29, 0.717) is 10.6 Å². The van der Waals surface area contributed by atoms with E-state index < -0.39 is 23.4 Å². The molecule has 0 aliphatic carbocycles. The molecular weight excluding hydrogens is 390 g/mol. The minimum atomic E-state index is -1.27. The molecule has 7 nitrogen and oxygen atoms in total. The Bertz CT molecular complexity index is 918. The van der Waals surface area contributed by atoms with Crippen LogP contribution in [0.1, 0.15) is 31.1 Å². The third-order valence-electron chi connectivity index (χ3n) is 4.36. The number of carbonyl (C=O) groups excluding carboxylic acids is 3. The van der Waals surface area contributed by atoms with Crippen LogP contribution >= 0.6 is 11.3 Å². The van der Waals surface area contributed by atoms with Gasteiger partial charge >= 0.3 is 0 Å². The van der Waals surface area contributed by atoms with Gasteiger partial charge in [-0.2, -0.15) is 0 Å². The molecule has 0 fully saturated rings. The van der Waals surface area contributed by atoms with E-state index in [1.807, 2.05) is 51.1 Å². The molecule has 1 aliphatic heterocycles. The number of rotatable bonds is 5. The van der Waals surface area contributed by atoms with Crippen LogP contribution in [-0.2, 0) is 14.3 Å². The summed E-state index contributed by atoms with van der Waals surface area (Å²) in [6, 6.07) is 10.1. The Balaban J connectivity index is 1.99. The molecule has 1 atom stereocenters. The summed E-state index contributed by atoms with van der Waals surface area (Å²) in [5.41, 5.74) is 0.799. The minimum Gasteiger partial charge on any atom is -0.383 e. The van der Waals surface area contributed by atoms with Gasteiger partial charge in [0.2, 0.25) is 0 Å². The van der Waals surface area contributed by atoms with E-state index in [-0.39, 0.29) is 19.1 Å². The van der Waals surface area contributed by atoms with E-state index in [1.54, 1.807) is 6.07 Å². The Kier molecular flexibility index (Phi) is 6.04. The van der Waals surface area contributed by atoms with Crippen molar-refractivity contribution >= 4 is 34.1 Å². The van der Waals surface area contributed by atoms with Gasteiger partial charge in [-0.1, -0.05) is 30.3 Å². The Morgan fingerprint density at radius 3 is 2.55 bits per heavy atom. The van der Waals surface area contributed by atoms with Gasteiger partial charge in [-0.15, -0.1) is 11.3 Å². The van der Waals surface area contributed by atoms with Gasteiger partial charge < -0.3 is 20.3 Å². The third-order valence-corrected chi connectivity index (χ3v) is 5.46. The van der Waals surface area contributed by atoms with E-state index in [0.717, 1.165) is 10.4 Å². The maximum absolute atomic E-state index is 13.3. The summed E-state index contributed by atoms with van der Waals surface area (Å²) in [5, 5.41) is 6.03. The second kappa shape index (κ2) is 8.34. The number of amides is 3. The van der Waals surface area contributed by atoms with Crippen LogP contribution < -0.4 is 10.6 Å². The predicted octanol–water partition coefficient (Wildman–Crippen LogP) is 2.74. The van der Waals surface area contributed by atoms with Crippen molar-refractivity contribution in [3.05, 3.63) is 42.0 Å². The molecule has 29 heavy (non-hydrogen) atoms. The fraction of sp³-hybridized carbons (Fsp3) is 0.381. The van der Waals surface area contributed by atoms with Crippen LogP contribution in [0.15, 0.2) is 36.4 Å². The van der Waals surface area contributed by atoms with Gasteiger partial charge in [0.25, 0.3) is 17.7 Å². The molecule has 8 heteroatoms. The zero-order valence-corrected chi connectivity index (χ0v) is 17.8. The standard InChI is InChI=1S/C21H25N3O4S/c1-21(2,3)23-18(26)16-17(25)22-19-14(20(27)24(16)10-11-28-4)12-15(29-19)13-8-6-5-7-9-13/h5-9,12,16H,10-11H2,1-4H3,(H,22,25)(H,23,26). The highest BCUT2D eigenvalue weighted by Gasteiger charge is 2.41. The molecule has 154 valence electrons. The molecule has 0 radical (unpaired) electrons. The summed E-state index contributed by atoms with van der Waals surface area (Å²) in [4.78, 5) is 41.3. The SMILES string of the molecule is COCCN1C(=O)c2cc(-c3ccccc3)sc2NC(=O)C1C(=O)NC(C)(C)C. The lowest BCUT2D eigenvalue weighted by Crippen LogP contribution is -2.58. The molecule has 0 spiro atoms. The first-order valence-corrected chi connectivity index (χ1v) is 10.1. The lowest BCUT2D eigenvalue weighted by atomic mass is 10.1. The zero-order chi connectivity index (χ0) is 21.2. The topological polar surface area (TPSA) is 87.7 Å². The number of nitrogens with one attached hydrogen (secondary N) is 2. The number of anilines is 1. The highest BCUT2D eigenvalue weighted by Crippen LogP contribution is 2.37. The number of ether oxygens (including phenoxy) is 1. The van der Waals surface area contributed by atoms with Crippen LogP contribution in [0, 0.1) is 0 Å². The number of thiophene rings is 1. The van der Waals surface area contributed by atoms with Crippen molar-refractivity contribution in [2.45, 2.75) is 32.4 Å². The molecule has 0 bridgehead atoms. The van der Waals surface area contributed by atoms with Crippen LogP contribution in [0.2, 0.25) is 0 Å². The lowest BCUT2D eigenvalue weighted by molar-refractivity contribution is -0.134. The van der Waals surface area contributed by atoms with Gasteiger partial charge in [-0.05, 0) is 32.4 Å². The van der Waals surface area contributed by atoms with Crippen molar-refractivity contribution in [1.29, 1.82) is 0 Å². The summed E-state index contributed by atoms with van der Waals surface area (Å²) in [5.74, 6) is -1.42. The summed E-state index contributed by atoms with van der Waals surface area (Å²) in [7, 11) is 1.51. The first-order chi connectivity index (χ1) is 13.7. The fourth-order valence-corrected chi connectivity index (χ4v) is 4.16. The van der Waals surface area contributed by atoms with Crippen molar-refractivity contribution in [3.63, 3.8) is 0 Å². The molecule has 2 heterocycles. The largest absolute Gasteiger partial charge is 0.383 e. The van der Waals surface area contributed by atoms with Gasteiger partial charge in [-0.25, -0.2) is 0 Å². The Hall–Kier alpha value is -2.71. The molecule has 2 aromatic rings. The van der Waals surface area contributed by atoms with Gasteiger partial charge in [0, 0.05) is 24.1 Å². The molecule has 0 saturated heterocycles. The molecule has 1 unspecified atom stereocenters. The van der Waals surface area contributed by atoms with Crippen molar-refractivity contribution in [2.75, 3.05) is 25.6 Å². The van der Waals surface area contributed by atoms with Crippen LogP contribution in [-0.4, -0.2) is 54.5 Å². The second-order valence-corrected chi connectivity index (χ2v) is 8.89. The van der Waals surface area contributed by atoms with Crippen molar-refractivity contribution < 1.29 is 19.1 Å². The number of hydrogen-bond acceptors (Lipinski definition) is 5. The van der Waals surface area contributed by atoms with E-state index in [2.05, 4.69) is 10.6 Å². The normalized spacial score (nSPS) is 16.8. The minimum absolute atomic E-state index is 0.126. The number of nitrogens with zero attached hydrogens (tertiary/aromatic N) is 1. The number of fused-ring (bicyclic) bond motifs is 1. The Morgan fingerprint density at radius 2 is 1.93 bits per heavy atom. The summed E-state index contributed by atoms with van der Waals surface area (Å²) < 4.78 is 5.11. The second-order valence-electron chi connectivity index (χ2n) is 7.84. The molecule has 1 aromatic carbocycles. The molecule has 1 aromatic heterocycles. The van der Waals surface area contributed by atoms with E-state index >= 15 is 0 Å². The number of methoxy groups -OCH3 is 1. The van der Waals surface area contributed by atoms with Gasteiger partial charge in [0.1, 0.15) is 5.00 Å². The van der Waals surface area contributed by atoms with E-state index in [1.165, 1.54) is 23.3 Å².